The van der Waals surface area contributed by atoms with Crippen molar-refractivity contribution in [2.45, 2.75) is 24.3 Å². The zero-order chi connectivity index (χ0) is 13.8. The predicted molar refractivity (Wildman–Crippen MR) is 64.6 cm³/mol. The molecule has 0 aliphatic heterocycles. The molecule has 0 amide bonds. The van der Waals surface area contributed by atoms with Crippen LogP contribution in [0.25, 0.3) is 0 Å². The van der Waals surface area contributed by atoms with Crippen LogP contribution >= 0.6 is 0 Å². The van der Waals surface area contributed by atoms with Crippen LogP contribution in [0.3, 0.4) is 0 Å². The molecule has 18 heavy (non-hydrogen) atoms. The monoisotopic (exact) mass is 274 g/mol. The highest BCUT2D eigenvalue weighted by molar-refractivity contribution is 7.89. The topological polar surface area (TPSA) is 110 Å². The van der Waals surface area contributed by atoms with Crippen LogP contribution in [0.2, 0.25) is 0 Å². The molecule has 1 atom stereocenters. The van der Waals surface area contributed by atoms with Gasteiger partial charge in [0, 0.05) is 18.7 Å². The average Bonchev–Trinajstić information content (AvgIpc) is 2.36. The van der Waals surface area contributed by atoms with E-state index in [1.165, 1.54) is 18.2 Å². The standard InChI is InChI=1S/C10H14N2O5S/c1-2-9(13)7-11-18(16,17)10-5-3-4-8(6-10)12(14)15/h3-6,9,11,13H,2,7H2,1H3. The quantitative estimate of drug-likeness (QED) is 0.584. The third-order valence-electron chi connectivity index (χ3n) is 2.32. The Kier molecular flexibility index (Phi) is 4.76. The van der Waals surface area contributed by atoms with Gasteiger partial charge in [-0.2, -0.15) is 0 Å². The molecule has 0 heterocycles. The van der Waals surface area contributed by atoms with Crippen LogP contribution in [-0.4, -0.2) is 31.1 Å². The van der Waals surface area contributed by atoms with Crippen molar-refractivity contribution in [1.82, 2.24) is 4.72 Å². The number of benzene rings is 1. The van der Waals surface area contributed by atoms with E-state index in [4.69, 9.17) is 0 Å². The van der Waals surface area contributed by atoms with Crippen LogP contribution < -0.4 is 4.72 Å². The third-order valence-corrected chi connectivity index (χ3v) is 3.74. The lowest BCUT2D eigenvalue weighted by molar-refractivity contribution is -0.385. The van der Waals surface area contributed by atoms with E-state index in [2.05, 4.69) is 4.72 Å². The number of nitro groups is 1. The van der Waals surface area contributed by atoms with E-state index < -0.39 is 21.1 Å². The highest BCUT2D eigenvalue weighted by Gasteiger charge is 2.18. The van der Waals surface area contributed by atoms with E-state index in [1.54, 1.807) is 6.92 Å². The minimum Gasteiger partial charge on any atom is -0.392 e. The second-order valence-electron chi connectivity index (χ2n) is 3.67. The Morgan fingerprint density at radius 3 is 2.72 bits per heavy atom. The first-order valence-corrected chi connectivity index (χ1v) is 6.77. The van der Waals surface area contributed by atoms with Crippen LogP contribution in [0.5, 0.6) is 0 Å². The number of hydrogen-bond acceptors (Lipinski definition) is 5. The highest BCUT2D eigenvalue weighted by atomic mass is 32.2. The Bertz CT molecular complexity index is 529. The lowest BCUT2D eigenvalue weighted by Crippen LogP contribution is -2.31. The van der Waals surface area contributed by atoms with Crippen molar-refractivity contribution in [2.24, 2.45) is 0 Å². The molecule has 8 heteroatoms. The summed E-state index contributed by atoms with van der Waals surface area (Å²) in [5, 5.41) is 19.8. The molecule has 2 N–H and O–H groups in total. The number of hydrogen-bond donors (Lipinski definition) is 2. The smallest absolute Gasteiger partial charge is 0.270 e. The summed E-state index contributed by atoms with van der Waals surface area (Å²) in [5.41, 5.74) is -0.297. The molecule has 1 aromatic carbocycles. The van der Waals surface area contributed by atoms with Crippen LogP contribution in [0.4, 0.5) is 5.69 Å². The van der Waals surface area contributed by atoms with Gasteiger partial charge < -0.3 is 5.11 Å². The van der Waals surface area contributed by atoms with Crippen molar-refractivity contribution in [3.05, 3.63) is 34.4 Å². The van der Waals surface area contributed by atoms with E-state index in [0.29, 0.717) is 6.42 Å². The molecule has 7 nitrogen and oxygen atoms in total. The van der Waals surface area contributed by atoms with Crippen molar-refractivity contribution in [2.75, 3.05) is 6.54 Å². The summed E-state index contributed by atoms with van der Waals surface area (Å²) in [6.07, 6.45) is -0.365. The lowest BCUT2D eigenvalue weighted by Gasteiger charge is -2.10. The number of nitrogens with one attached hydrogen (secondary N) is 1. The van der Waals surface area contributed by atoms with Gasteiger partial charge in [0.25, 0.3) is 5.69 Å². The van der Waals surface area contributed by atoms with Crippen molar-refractivity contribution in [3.63, 3.8) is 0 Å². The molecule has 0 fully saturated rings. The number of sulfonamides is 1. The lowest BCUT2D eigenvalue weighted by atomic mass is 10.3. The Morgan fingerprint density at radius 1 is 1.50 bits per heavy atom. The van der Waals surface area contributed by atoms with Crippen molar-refractivity contribution < 1.29 is 18.4 Å². The molecule has 100 valence electrons. The van der Waals surface area contributed by atoms with Crippen LogP contribution in [0.1, 0.15) is 13.3 Å². The first-order chi connectivity index (χ1) is 8.36. The fourth-order valence-corrected chi connectivity index (χ4v) is 2.31. The van der Waals surface area contributed by atoms with Crippen LogP contribution in [0, 0.1) is 10.1 Å². The maximum atomic E-state index is 11.8. The molecule has 0 bridgehead atoms. The Balaban J connectivity index is 2.91. The number of nitrogens with zero attached hydrogens (tertiary/aromatic N) is 1. The largest absolute Gasteiger partial charge is 0.392 e. The number of aliphatic hydroxyl groups excluding tert-OH is 1. The van der Waals surface area contributed by atoms with Gasteiger partial charge >= 0.3 is 0 Å². The number of aliphatic hydroxyl groups is 1. The van der Waals surface area contributed by atoms with Gasteiger partial charge in [-0.05, 0) is 12.5 Å². The fourth-order valence-electron chi connectivity index (χ4n) is 1.20. The molecular weight excluding hydrogens is 260 g/mol. The number of rotatable bonds is 6. The van der Waals surface area contributed by atoms with Crippen molar-refractivity contribution in [3.8, 4) is 0 Å². The first-order valence-electron chi connectivity index (χ1n) is 5.29. The molecule has 0 radical (unpaired) electrons. The zero-order valence-electron chi connectivity index (χ0n) is 9.74. The van der Waals surface area contributed by atoms with Gasteiger partial charge in [0.15, 0.2) is 0 Å². The second-order valence-corrected chi connectivity index (χ2v) is 5.44. The van der Waals surface area contributed by atoms with E-state index in [1.807, 2.05) is 0 Å². The Morgan fingerprint density at radius 2 is 2.17 bits per heavy atom. The van der Waals surface area contributed by atoms with Gasteiger partial charge in [-0.1, -0.05) is 13.0 Å². The van der Waals surface area contributed by atoms with E-state index >= 15 is 0 Å². The molecule has 0 aromatic heterocycles. The zero-order valence-corrected chi connectivity index (χ0v) is 10.6. The first kappa shape index (κ1) is 14.6. The van der Waals surface area contributed by atoms with Gasteiger partial charge in [0.1, 0.15) is 0 Å². The van der Waals surface area contributed by atoms with Gasteiger partial charge in [0.05, 0.1) is 15.9 Å². The maximum Gasteiger partial charge on any atom is 0.270 e. The summed E-state index contributed by atoms with van der Waals surface area (Å²) < 4.78 is 25.8. The van der Waals surface area contributed by atoms with E-state index in [-0.39, 0.29) is 17.1 Å². The molecular formula is C10H14N2O5S. The molecule has 0 aliphatic carbocycles. The van der Waals surface area contributed by atoms with E-state index in [0.717, 1.165) is 6.07 Å². The summed E-state index contributed by atoms with van der Waals surface area (Å²) in [6.45, 7) is 1.59. The molecule has 0 saturated carbocycles. The fraction of sp³-hybridized carbons (Fsp3) is 0.400. The Hall–Kier alpha value is -1.51. The molecule has 1 unspecified atom stereocenters. The van der Waals surface area contributed by atoms with Gasteiger partial charge in [0.2, 0.25) is 10.0 Å². The average molecular weight is 274 g/mol. The molecule has 1 rings (SSSR count). The van der Waals surface area contributed by atoms with Crippen molar-refractivity contribution >= 4 is 15.7 Å². The van der Waals surface area contributed by atoms with Crippen molar-refractivity contribution in [1.29, 1.82) is 0 Å². The van der Waals surface area contributed by atoms with Gasteiger partial charge in [-0.3, -0.25) is 10.1 Å². The second kappa shape index (κ2) is 5.89. The molecule has 0 saturated heterocycles. The summed E-state index contributed by atoms with van der Waals surface area (Å²) >= 11 is 0. The van der Waals surface area contributed by atoms with Gasteiger partial charge in [-0.25, -0.2) is 13.1 Å². The summed E-state index contributed by atoms with van der Waals surface area (Å²) in [4.78, 5) is 9.68. The predicted octanol–water partition coefficient (Wildman–Crippen LogP) is 0.644. The third kappa shape index (κ3) is 3.76. The molecule has 1 aromatic rings. The maximum absolute atomic E-state index is 11.8. The Labute approximate surface area is 105 Å². The molecule has 0 aliphatic rings. The SMILES string of the molecule is CCC(O)CNS(=O)(=O)c1cccc([N+](=O)[O-])c1. The van der Waals surface area contributed by atoms with E-state index in [9.17, 15) is 23.6 Å². The number of nitro benzene ring substituents is 1. The highest BCUT2D eigenvalue weighted by Crippen LogP contribution is 2.16. The summed E-state index contributed by atoms with van der Waals surface area (Å²) in [6, 6.07) is 4.73. The summed E-state index contributed by atoms with van der Waals surface area (Å²) in [7, 11) is -3.84. The molecule has 0 spiro atoms. The normalized spacial score (nSPS) is 13.2. The minimum atomic E-state index is -3.84. The minimum absolute atomic E-state index is 0.123. The van der Waals surface area contributed by atoms with Crippen LogP contribution in [-0.2, 0) is 10.0 Å². The van der Waals surface area contributed by atoms with Crippen LogP contribution in [0.15, 0.2) is 29.2 Å². The number of non-ortho nitro benzene ring substituents is 1. The summed E-state index contributed by atoms with van der Waals surface area (Å²) in [5.74, 6) is 0. The van der Waals surface area contributed by atoms with Gasteiger partial charge in [-0.15, -0.1) is 0 Å².